The molecule has 1 aliphatic heterocycles. The van der Waals surface area contributed by atoms with Crippen LogP contribution >= 0.6 is 0 Å². The minimum atomic E-state index is 0.0756. The highest BCUT2D eigenvalue weighted by Gasteiger charge is 2.23. The minimum absolute atomic E-state index is 0.0756. The maximum Gasteiger partial charge on any atom is 0.253 e. The molecular weight excluding hydrogens is 444 g/mol. The Morgan fingerprint density at radius 2 is 1.31 bits per heavy atom. The fourth-order valence-electron chi connectivity index (χ4n) is 4.84. The number of hydrogen-bond donors (Lipinski definition) is 0. The molecule has 0 saturated carbocycles. The van der Waals surface area contributed by atoms with Gasteiger partial charge in [-0.05, 0) is 46.2 Å². The molecule has 6 rings (SSSR count). The van der Waals surface area contributed by atoms with Crippen molar-refractivity contribution < 1.29 is 4.79 Å². The maximum absolute atomic E-state index is 13.1. The number of nitrogens with zero attached hydrogens (tertiary/aromatic N) is 4. The van der Waals surface area contributed by atoms with Crippen molar-refractivity contribution in [1.29, 1.82) is 0 Å². The zero-order valence-electron chi connectivity index (χ0n) is 19.9. The fraction of sp³-hybridized carbons (Fsp3) is 0.129. The summed E-state index contributed by atoms with van der Waals surface area (Å²) in [7, 11) is 0. The predicted octanol–water partition coefficient (Wildman–Crippen LogP) is 5.93. The van der Waals surface area contributed by atoms with E-state index in [1.54, 1.807) is 0 Å². The molecule has 176 valence electrons. The third-order valence-corrected chi connectivity index (χ3v) is 6.85. The number of piperazine rings is 1. The highest BCUT2D eigenvalue weighted by atomic mass is 16.2. The van der Waals surface area contributed by atoms with Crippen molar-refractivity contribution in [3.8, 4) is 22.4 Å². The van der Waals surface area contributed by atoms with E-state index in [-0.39, 0.29) is 5.91 Å². The van der Waals surface area contributed by atoms with Crippen molar-refractivity contribution in [3.05, 3.63) is 115 Å². The SMILES string of the molecule is O=C(c1ccc(-c2ccccc2)cc1)N1CCN(c2ccc(-c3cccc4ccccc34)nn2)CC1. The molecule has 1 fully saturated rings. The number of hydrogen-bond acceptors (Lipinski definition) is 4. The van der Waals surface area contributed by atoms with Gasteiger partial charge in [0.15, 0.2) is 5.82 Å². The topological polar surface area (TPSA) is 49.3 Å². The number of fused-ring (bicyclic) bond motifs is 1. The number of carbonyl (C=O) groups is 1. The van der Waals surface area contributed by atoms with Gasteiger partial charge >= 0.3 is 0 Å². The van der Waals surface area contributed by atoms with E-state index in [2.05, 4.69) is 57.6 Å². The lowest BCUT2D eigenvalue weighted by Gasteiger charge is -2.35. The Balaban J connectivity index is 1.11. The van der Waals surface area contributed by atoms with E-state index in [9.17, 15) is 4.79 Å². The number of rotatable bonds is 4. The zero-order valence-corrected chi connectivity index (χ0v) is 19.9. The monoisotopic (exact) mass is 470 g/mol. The van der Waals surface area contributed by atoms with Crippen molar-refractivity contribution in [2.45, 2.75) is 0 Å². The van der Waals surface area contributed by atoms with Gasteiger partial charge < -0.3 is 9.80 Å². The molecular formula is C31H26N4O. The van der Waals surface area contributed by atoms with Crippen molar-refractivity contribution >= 4 is 22.5 Å². The number of amides is 1. The summed E-state index contributed by atoms with van der Waals surface area (Å²) in [5.41, 5.74) is 4.94. The number of carbonyl (C=O) groups excluding carboxylic acids is 1. The van der Waals surface area contributed by atoms with Gasteiger partial charge in [0.1, 0.15) is 0 Å². The molecule has 5 aromatic rings. The standard InChI is InChI=1S/C31H26N4O/c36-31(26-15-13-24(14-16-26)23-7-2-1-3-8-23)35-21-19-34(20-22-35)30-18-17-29(32-33-30)28-12-6-10-25-9-4-5-11-27(25)28/h1-18H,19-22H2. The van der Waals surface area contributed by atoms with Gasteiger partial charge in [-0.1, -0.05) is 84.9 Å². The van der Waals surface area contributed by atoms with Gasteiger partial charge in [-0.2, -0.15) is 0 Å². The van der Waals surface area contributed by atoms with Gasteiger partial charge in [-0.3, -0.25) is 4.79 Å². The fourth-order valence-corrected chi connectivity index (χ4v) is 4.84. The molecule has 0 unspecified atom stereocenters. The maximum atomic E-state index is 13.1. The third-order valence-electron chi connectivity index (χ3n) is 6.85. The average Bonchev–Trinajstić information content (AvgIpc) is 2.97. The van der Waals surface area contributed by atoms with Crippen LogP contribution < -0.4 is 4.90 Å². The molecule has 2 heterocycles. The van der Waals surface area contributed by atoms with Crippen LogP contribution in [0.25, 0.3) is 33.2 Å². The van der Waals surface area contributed by atoms with Crippen molar-refractivity contribution in [3.63, 3.8) is 0 Å². The Labute approximate surface area is 210 Å². The van der Waals surface area contributed by atoms with E-state index in [4.69, 9.17) is 0 Å². The van der Waals surface area contributed by atoms with Crippen LogP contribution in [0.4, 0.5) is 5.82 Å². The molecule has 4 aromatic carbocycles. The first kappa shape index (κ1) is 22.0. The Morgan fingerprint density at radius 3 is 2.06 bits per heavy atom. The molecule has 0 bridgehead atoms. The van der Waals surface area contributed by atoms with Gasteiger partial charge in [0.05, 0.1) is 5.69 Å². The van der Waals surface area contributed by atoms with Gasteiger partial charge in [0.2, 0.25) is 0 Å². The lowest BCUT2D eigenvalue weighted by Crippen LogP contribution is -2.49. The van der Waals surface area contributed by atoms with Crippen LogP contribution in [0.2, 0.25) is 0 Å². The van der Waals surface area contributed by atoms with Crippen LogP contribution in [-0.2, 0) is 0 Å². The predicted molar refractivity (Wildman–Crippen MR) is 145 cm³/mol. The number of benzene rings is 4. The highest BCUT2D eigenvalue weighted by molar-refractivity contribution is 5.96. The summed E-state index contributed by atoms with van der Waals surface area (Å²) in [6, 6.07) is 36.7. The van der Waals surface area contributed by atoms with Gasteiger partial charge in [-0.15, -0.1) is 10.2 Å². The Morgan fingerprint density at radius 1 is 0.611 bits per heavy atom. The summed E-state index contributed by atoms with van der Waals surface area (Å²) in [6.45, 7) is 2.78. The molecule has 36 heavy (non-hydrogen) atoms. The molecule has 5 nitrogen and oxygen atoms in total. The van der Waals surface area contributed by atoms with Gasteiger partial charge in [0, 0.05) is 37.3 Å². The molecule has 0 aliphatic carbocycles. The first-order valence-corrected chi connectivity index (χ1v) is 12.3. The molecule has 0 atom stereocenters. The van der Waals surface area contributed by atoms with Gasteiger partial charge in [0.25, 0.3) is 5.91 Å². The van der Waals surface area contributed by atoms with Crippen LogP contribution in [0.3, 0.4) is 0 Å². The van der Waals surface area contributed by atoms with E-state index >= 15 is 0 Å². The third kappa shape index (κ3) is 4.31. The van der Waals surface area contributed by atoms with E-state index in [1.807, 2.05) is 71.6 Å². The second-order valence-corrected chi connectivity index (χ2v) is 9.03. The molecule has 0 spiro atoms. The molecule has 1 aliphatic rings. The van der Waals surface area contributed by atoms with E-state index in [0.717, 1.165) is 46.9 Å². The normalized spacial score (nSPS) is 13.7. The molecule has 5 heteroatoms. The van der Waals surface area contributed by atoms with E-state index in [0.29, 0.717) is 13.1 Å². The summed E-state index contributed by atoms with van der Waals surface area (Å²) in [5, 5.41) is 11.4. The summed E-state index contributed by atoms with van der Waals surface area (Å²) < 4.78 is 0. The Bertz CT molecular complexity index is 1480. The summed E-state index contributed by atoms with van der Waals surface area (Å²) in [4.78, 5) is 17.2. The highest BCUT2D eigenvalue weighted by Crippen LogP contribution is 2.28. The van der Waals surface area contributed by atoms with Crippen LogP contribution in [0.5, 0.6) is 0 Å². The summed E-state index contributed by atoms with van der Waals surface area (Å²) >= 11 is 0. The van der Waals surface area contributed by atoms with Crippen LogP contribution in [0.1, 0.15) is 10.4 Å². The first-order valence-electron chi connectivity index (χ1n) is 12.3. The number of aromatic nitrogens is 2. The molecule has 1 aromatic heterocycles. The molecule has 0 radical (unpaired) electrons. The molecule has 1 saturated heterocycles. The van der Waals surface area contributed by atoms with Crippen LogP contribution in [0, 0.1) is 0 Å². The second-order valence-electron chi connectivity index (χ2n) is 9.03. The zero-order chi connectivity index (χ0) is 24.3. The lowest BCUT2D eigenvalue weighted by molar-refractivity contribution is 0.0746. The molecule has 1 amide bonds. The average molecular weight is 471 g/mol. The minimum Gasteiger partial charge on any atom is -0.352 e. The Hall–Kier alpha value is -4.51. The Kier molecular flexibility index (Phi) is 5.88. The first-order chi connectivity index (χ1) is 17.8. The van der Waals surface area contributed by atoms with Gasteiger partial charge in [-0.25, -0.2) is 0 Å². The smallest absolute Gasteiger partial charge is 0.253 e. The summed E-state index contributed by atoms with van der Waals surface area (Å²) in [5.74, 6) is 0.921. The second kappa shape index (κ2) is 9.62. The van der Waals surface area contributed by atoms with E-state index in [1.165, 1.54) is 10.8 Å². The number of anilines is 1. The van der Waals surface area contributed by atoms with E-state index < -0.39 is 0 Å². The lowest BCUT2D eigenvalue weighted by atomic mass is 10.0. The van der Waals surface area contributed by atoms with Crippen LogP contribution in [0.15, 0.2) is 109 Å². The van der Waals surface area contributed by atoms with Crippen molar-refractivity contribution in [2.75, 3.05) is 31.1 Å². The van der Waals surface area contributed by atoms with Crippen LogP contribution in [-0.4, -0.2) is 47.2 Å². The van der Waals surface area contributed by atoms with Crippen molar-refractivity contribution in [2.24, 2.45) is 0 Å². The summed E-state index contributed by atoms with van der Waals surface area (Å²) in [6.07, 6.45) is 0. The van der Waals surface area contributed by atoms with Crippen molar-refractivity contribution in [1.82, 2.24) is 15.1 Å². The largest absolute Gasteiger partial charge is 0.352 e. The quantitative estimate of drug-likeness (QED) is 0.327. The molecule has 0 N–H and O–H groups in total.